The third-order valence-electron chi connectivity index (χ3n) is 29.9. The molecule has 0 aliphatic heterocycles. The van der Waals surface area contributed by atoms with Crippen LogP contribution in [0.3, 0.4) is 0 Å². The van der Waals surface area contributed by atoms with Crippen molar-refractivity contribution in [2.24, 2.45) is 0 Å². The first-order valence-electron chi connectivity index (χ1n) is 49.1. The predicted octanol–water partition coefficient (Wildman–Crippen LogP) is 37.4. The van der Waals surface area contributed by atoms with Crippen LogP contribution in [0.15, 0.2) is 552 Å². The fourth-order valence-corrected chi connectivity index (χ4v) is 23.4. The van der Waals surface area contributed by atoms with E-state index in [-0.39, 0.29) is 0 Å². The van der Waals surface area contributed by atoms with Crippen LogP contribution in [0, 0.1) is 6.92 Å². The summed E-state index contributed by atoms with van der Waals surface area (Å²) in [5, 5.41) is 0. The molecule has 3 aliphatic rings. The summed E-state index contributed by atoms with van der Waals surface area (Å²) >= 11 is 0. The van der Waals surface area contributed by atoms with Crippen LogP contribution in [0.25, 0.3) is 211 Å². The second-order valence-electron chi connectivity index (χ2n) is 38.1. The zero-order valence-corrected chi connectivity index (χ0v) is 78.0. The van der Waals surface area contributed by atoms with Gasteiger partial charge in [0.25, 0.3) is 0 Å². The standard InChI is InChI=1S/C141H94/c1-93-37-32-68-134-137(93)139-136(70-69-135-138(139)130-64-28-31-67-133(130)141(135)131-65-29-26-62-128(131)129-63-27-30-66-132(129)141)140(134,126-89-122(106-58-33-54-102(71-106)118-79-110(94-38-10-2-11-39-94)75-111(80-118)95-40-12-3-13-41-95)87-123(90-126)107-59-34-55-103(72-107)119-81-112(96-42-14-4-15-43-96)76-113(82-119)97-44-16-5-17-45-97)127-91-124(108-60-35-56-104(73-108)120-83-114(98-46-18-6-19-47-98)77-115(84-120)99-48-20-7-21-49-99)88-125(92-127)109-61-36-57-105(74-109)121-85-116(100-50-22-8-23-51-100)78-117(86-121)101-52-24-9-25-53-101/h2-92H,1H3. The van der Waals surface area contributed by atoms with Crippen molar-refractivity contribution in [3.05, 3.63) is 602 Å². The average Bonchev–Trinajstić information content (AvgIpc) is 1.48. The van der Waals surface area contributed by atoms with Crippen LogP contribution in [0.4, 0.5) is 0 Å². The fraction of sp³-hybridized carbons (Fsp3) is 0.0213. The minimum absolute atomic E-state index is 0.635. The molecule has 23 aromatic rings. The SMILES string of the molecule is Cc1cccc2c1-c1c(ccc3c1-c1ccccc1C31c3ccccc3-c3ccccc31)C2(c1cc(-c2cccc(-c3cc(-c4ccccc4)cc(-c4ccccc4)c3)c2)cc(-c2cccc(-c3cc(-c4ccccc4)cc(-c4ccccc4)c3)c2)c1)c1cc(-c2cccc(-c3cc(-c4ccccc4)cc(-c4ccccc4)c3)c2)cc(-c2cccc(-c3cc(-c4ccccc4)cc(-c4ccccc4)c3)c2)c1. The number of rotatable bonds is 18. The van der Waals surface area contributed by atoms with Gasteiger partial charge in [-0.3, -0.25) is 0 Å². The zero-order chi connectivity index (χ0) is 93.5. The van der Waals surface area contributed by atoms with Crippen molar-refractivity contribution in [3.8, 4) is 211 Å². The second-order valence-corrected chi connectivity index (χ2v) is 38.1. The van der Waals surface area contributed by atoms with Crippen LogP contribution in [0.1, 0.15) is 50.1 Å². The molecule has 0 unspecified atom stereocenters. The Kier molecular flexibility index (Phi) is 20.8. The van der Waals surface area contributed by atoms with E-state index < -0.39 is 10.8 Å². The first-order chi connectivity index (χ1) is 69.7. The summed E-state index contributed by atoms with van der Waals surface area (Å²) in [4.78, 5) is 0. The number of fused-ring (bicyclic) bond motifs is 14. The Bertz CT molecular complexity index is 7750. The van der Waals surface area contributed by atoms with Gasteiger partial charge in [-0.05, 0) is 402 Å². The summed E-state index contributed by atoms with van der Waals surface area (Å²) in [6.45, 7) is 2.38. The van der Waals surface area contributed by atoms with E-state index in [1.165, 1.54) is 117 Å². The summed E-state index contributed by atoms with van der Waals surface area (Å²) in [5.74, 6) is 0. The highest BCUT2D eigenvalue weighted by Gasteiger charge is 2.56. The summed E-state index contributed by atoms with van der Waals surface area (Å²) in [6.07, 6.45) is 0. The Morgan fingerprint density at radius 1 is 0.106 bits per heavy atom. The van der Waals surface area contributed by atoms with Gasteiger partial charge in [-0.25, -0.2) is 0 Å². The molecule has 0 bridgehead atoms. The Balaban J connectivity index is 0.775. The lowest BCUT2D eigenvalue weighted by Gasteiger charge is -2.36. The molecule has 0 fully saturated rings. The number of benzene rings is 23. The van der Waals surface area contributed by atoms with E-state index in [9.17, 15) is 0 Å². The van der Waals surface area contributed by atoms with Gasteiger partial charge in [-0.2, -0.15) is 0 Å². The summed E-state index contributed by atoms with van der Waals surface area (Å²) in [6, 6.07) is 209. The van der Waals surface area contributed by atoms with E-state index in [4.69, 9.17) is 0 Å². The summed E-state index contributed by atoms with van der Waals surface area (Å²) in [7, 11) is 0. The lowest BCUT2D eigenvalue weighted by atomic mass is 9.65. The maximum absolute atomic E-state index is 2.61. The molecule has 141 heavy (non-hydrogen) atoms. The van der Waals surface area contributed by atoms with Crippen LogP contribution in [0.5, 0.6) is 0 Å². The molecule has 0 amide bonds. The summed E-state index contributed by atoms with van der Waals surface area (Å²) < 4.78 is 0. The molecular weight excluding hydrogens is 1690 g/mol. The van der Waals surface area contributed by atoms with E-state index >= 15 is 0 Å². The zero-order valence-electron chi connectivity index (χ0n) is 78.0. The molecule has 0 atom stereocenters. The van der Waals surface area contributed by atoms with Crippen LogP contribution in [-0.2, 0) is 10.8 Å². The van der Waals surface area contributed by atoms with Crippen LogP contribution >= 0.6 is 0 Å². The lowest BCUT2D eigenvalue weighted by molar-refractivity contribution is 0.765. The smallest absolute Gasteiger partial charge is 0.0622 e. The predicted molar refractivity (Wildman–Crippen MR) is 592 cm³/mol. The van der Waals surface area contributed by atoms with Crippen molar-refractivity contribution in [2.45, 2.75) is 17.8 Å². The van der Waals surface area contributed by atoms with E-state index in [1.54, 1.807) is 0 Å². The first kappa shape index (κ1) is 83.6. The van der Waals surface area contributed by atoms with Gasteiger partial charge in [-0.1, -0.05) is 419 Å². The summed E-state index contributed by atoms with van der Waals surface area (Å²) in [5.41, 5.74) is 53.5. The van der Waals surface area contributed by atoms with Gasteiger partial charge >= 0.3 is 0 Å². The highest BCUT2D eigenvalue weighted by atomic mass is 14.6. The maximum Gasteiger partial charge on any atom is 0.0725 e. The van der Waals surface area contributed by atoms with Crippen molar-refractivity contribution in [1.29, 1.82) is 0 Å². The van der Waals surface area contributed by atoms with Gasteiger partial charge in [0.15, 0.2) is 0 Å². The molecule has 0 radical (unpaired) electrons. The number of hydrogen-bond acceptors (Lipinski definition) is 0. The molecule has 0 heteroatoms. The minimum Gasteiger partial charge on any atom is -0.0622 e. The number of hydrogen-bond donors (Lipinski definition) is 0. The van der Waals surface area contributed by atoms with Gasteiger partial charge < -0.3 is 0 Å². The van der Waals surface area contributed by atoms with Crippen LogP contribution < -0.4 is 0 Å². The molecule has 0 aromatic heterocycles. The van der Waals surface area contributed by atoms with Crippen molar-refractivity contribution in [1.82, 2.24) is 0 Å². The molecule has 0 saturated heterocycles. The third-order valence-corrected chi connectivity index (χ3v) is 29.9. The van der Waals surface area contributed by atoms with Gasteiger partial charge in [0.2, 0.25) is 0 Å². The van der Waals surface area contributed by atoms with Crippen LogP contribution in [-0.4, -0.2) is 0 Å². The fourth-order valence-electron chi connectivity index (χ4n) is 23.4. The lowest BCUT2D eigenvalue weighted by Crippen LogP contribution is -2.29. The van der Waals surface area contributed by atoms with E-state index in [1.807, 2.05) is 0 Å². The molecule has 23 aromatic carbocycles. The van der Waals surface area contributed by atoms with Crippen molar-refractivity contribution < 1.29 is 0 Å². The molecule has 0 saturated carbocycles. The molecule has 0 heterocycles. The maximum atomic E-state index is 2.61. The highest BCUT2D eigenvalue weighted by molar-refractivity contribution is 6.06. The number of aryl methyl sites for hydroxylation is 1. The molecular formula is C141H94. The topological polar surface area (TPSA) is 0 Å². The minimum atomic E-state index is -1.09. The average molecular weight is 1790 g/mol. The molecule has 0 N–H and O–H groups in total. The van der Waals surface area contributed by atoms with E-state index in [2.05, 4.69) is 559 Å². The van der Waals surface area contributed by atoms with Crippen molar-refractivity contribution in [2.75, 3.05) is 0 Å². The Morgan fingerprint density at radius 3 is 0.532 bits per heavy atom. The molecule has 26 rings (SSSR count). The Hall–Kier alpha value is -17.9. The Labute approximate surface area is 825 Å². The second kappa shape index (κ2) is 35.0. The van der Waals surface area contributed by atoms with Gasteiger partial charge in [-0.15, -0.1) is 0 Å². The van der Waals surface area contributed by atoms with Gasteiger partial charge in [0.1, 0.15) is 0 Å². The monoisotopic (exact) mass is 1790 g/mol. The quantitative estimate of drug-likeness (QED) is 0.0803. The largest absolute Gasteiger partial charge is 0.0725 e. The highest BCUT2D eigenvalue weighted by Crippen LogP contribution is 2.69. The van der Waals surface area contributed by atoms with Gasteiger partial charge in [0, 0.05) is 0 Å². The Morgan fingerprint density at radius 2 is 0.277 bits per heavy atom. The first-order valence-corrected chi connectivity index (χ1v) is 49.1. The van der Waals surface area contributed by atoms with E-state index in [0.29, 0.717) is 0 Å². The van der Waals surface area contributed by atoms with E-state index in [0.717, 1.165) is 145 Å². The van der Waals surface area contributed by atoms with Crippen molar-refractivity contribution >= 4 is 0 Å². The molecule has 1 spiro atoms. The third kappa shape index (κ3) is 14.7. The molecule has 658 valence electrons. The van der Waals surface area contributed by atoms with Crippen molar-refractivity contribution in [3.63, 3.8) is 0 Å². The normalized spacial score (nSPS) is 12.5. The van der Waals surface area contributed by atoms with Gasteiger partial charge in [0.05, 0.1) is 10.8 Å². The molecule has 0 nitrogen and oxygen atoms in total. The van der Waals surface area contributed by atoms with Crippen LogP contribution in [0.2, 0.25) is 0 Å². The molecule has 3 aliphatic carbocycles.